The zero-order valence-electron chi connectivity index (χ0n) is 18.0. The first-order chi connectivity index (χ1) is 14.9. The van der Waals surface area contributed by atoms with Crippen LogP contribution in [0.25, 0.3) is 11.3 Å². The van der Waals surface area contributed by atoms with Gasteiger partial charge in [0, 0.05) is 42.2 Å². The maximum absolute atomic E-state index is 11.9. The molecule has 1 aromatic heterocycles. The predicted molar refractivity (Wildman–Crippen MR) is 120 cm³/mol. The first-order valence-corrected chi connectivity index (χ1v) is 9.97. The molecule has 164 valence electrons. The number of aromatic nitrogens is 2. The van der Waals surface area contributed by atoms with Crippen molar-refractivity contribution in [3.05, 3.63) is 59.3 Å². The first kappa shape index (κ1) is 22.2. The van der Waals surface area contributed by atoms with Crippen LogP contribution in [0.15, 0.2) is 42.5 Å². The average molecular weight is 425 g/mol. The van der Waals surface area contributed by atoms with Crippen molar-refractivity contribution in [2.45, 2.75) is 12.8 Å². The van der Waals surface area contributed by atoms with E-state index in [-0.39, 0.29) is 6.61 Å². The number of carbonyl (C=O) groups excluding carboxylic acids is 1. The second kappa shape index (κ2) is 9.99. The number of nitrogens with two attached hydrogens (primary N) is 1. The molecule has 1 heterocycles. The zero-order chi connectivity index (χ0) is 22.4. The number of ether oxygens (including phenoxy) is 2. The minimum atomic E-state index is -0.514. The fourth-order valence-corrected chi connectivity index (χ4v) is 3.39. The molecule has 0 bridgehead atoms. The number of anilines is 1. The number of hydrogen-bond acceptors (Lipinski definition) is 6. The number of aliphatic hydroxyl groups is 1. The van der Waals surface area contributed by atoms with Crippen LogP contribution >= 0.6 is 0 Å². The average Bonchev–Trinajstić information content (AvgIpc) is 3.26. The van der Waals surface area contributed by atoms with Crippen molar-refractivity contribution < 1.29 is 19.4 Å². The van der Waals surface area contributed by atoms with E-state index < -0.39 is 5.91 Å². The van der Waals surface area contributed by atoms with Crippen LogP contribution in [0, 0.1) is 0 Å². The van der Waals surface area contributed by atoms with E-state index in [1.807, 2.05) is 48.3 Å². The van der Waals surface area contributed by atoms with Gasteiger partial charge < -0.3 is 25.2 Å². The molecule has 4 N–H and O–H groups in total. The highest BCUT2D eigenvalue weighted by Crippen LogP contribution is 2.28. The van der Waals surface area contributed by atoms with E-state index in [1.165, 1.54) is 0 Å². The summed E-state index contributed by atoms with van der Waals surface area (Å²) in [6.45, 7) is 0.510. The highest BCUT2D eigenvalue weighted by Gasteiger charge is 2.15. The summed E-state index contributed by atoms with van der Waals surface area (Å²) in [5, 5.41) is 16.7. The molecule has 0 aliphatic carbocycles. The Kier molecular flexibility index (Phi) is 7.15. The molecule has 0 aliphatic heterocycles. The molecular formula is C23H28N4O4. The smallest absolute Gasteiger partial charge is 0.249 e. The summed E-state index contributed by atoms with van der Waals surface area (Å²) in [6.07, 6.45) is 1.48. The van der Waals surface area contributed by atoms with Crippen LogP contribution in [0.3, 0.4) is 0 Å². The number of carbonyl (C=O) groups is 1. The number of benzene rings is 2. The van der Waals surface area contributed by atoms with Gasteiger partial charge >= 0.3 is 0 Å². The molecule has 0 spiro atoms. The second-order valence-electron chi connectivity index (χ2n) is 7.24. The molecule has 0 saturated heterocycles. The number of primary amides is 1. The Morgan fingerprint density at radius 2 is 1.81 bits per heavy atom. The fourth-order valence-electron chi connectivity index (χ4n) is 3.39. The fraction of sp³-hybridized carbons (Fsp3) is 0.304. The summed E-state index contributed by atoms with van der Waals surface area (Å²) in [5.74, 6) is 0.975. The van der Waals surface area contributed by atoms with Crippen molar-refractivity contribution in [3.8, 4) is 22.8 Å². The highest BCUT2D eigenvalue weighted by atomic mass is 16.5. The van der Waals surface area contributed by atoms with Crippen molar-refractivity contribution in [2.75, 3.05) is 39.3 Å². The van der Waals surface area contributed by atoms with Gasteiger partial charge in [0.05, 0.1) is 26.5 Å². The van der Waals surface area contributed by atoms with Gasteiger partial charge in [-0.05, 0) is 54.8 Å². The maximum Gasteiger partial charge on any atom is 0.249 e. The molecule has 8 nitrogen and oxygen atoms in total. The lowest BCUT2D eigenvalue weighted by atomic mass is 10.0. The standard InChI is InChI=1S/C23H28N4O4/c1-27(8-9-28)17-6-7-20(23(24)29)21(13-17)22-12-16(25-26-22)5-4-15-10-18(30-2)14-19(11-15)31-3/h6-7,10-14,28H,4-5,8-9H2,1-3H3,(H2,24,29)(H,25,26). The van der Waals surface area contributed by atoms with Gasteiger partial charge in [0.15, 0.2) is 0 Å². The molecule has 0 radical (unpaired) electrons. The van der Waals surface area contributed by atoms with Crippen LogP contribution in [0.2, 0.25) is 0 Å². The Morgan fingerprint density at radius 3 is 2.42 bits per heavy atom. The Bertz CT molecular complexity index is 1030. The van der Waals surface area contributed by atoms with Gasteiger partial charge in [-0.1, -0.05) is 0 Å². The minimum absolute atomic E-state index is 0.0328. The number of nitrogens with one attached hydrogen (secondary N) is 1. The summed E-state index contributed by atoms with van der Waals surface area (Å²) in [6, 6.07) is 13.1. The number of rotatable bonds is 10. The summed E-state index contributed by atoms with van der Waals surface area (Å²) in [4.78, 5) is 13.8. The SMILES string of the molecule is COc1cc(CCc2cc(-c3cc(N(C)CCO)ccc3C(N)=O)n[nH]2)cc(OC)c1. The molecule has 3 rings (SSSR count). The predicted octanol–water partition coefficient (Wildman–Crippen LogP) is 2.41. The molecule has 0 unspecified atom stereocenters. The number of aliphatic hydroxyl groups excluding tert-OH is 1. The third-order valence-electron chi connectivity index (χ3n) is 5.15. The van der Waals surface area contributed by atoms with Gasteiger partial charge in [-0.3, -0.25) is 9.89 Å². The number of likely N-dealkylation sites (N-methyl/N-ethyl adjacent to an activating group) is 1. The van der Waals surface area contributed by atoms with Crippen LogP contribution in [-0.4, -0.2) is 55.6 Å². The van der Waals surface area contributed by atoms with Gasteiger partial charge in [-0.2, -0.15) is 5.10 Å². The summed E-state index contributed by atoms with van der Waals surface area (Å²) in [5.41, 5.74) is 10.2. The third kappa shape index (κ3) is 5.35. The van der Waals surface area contributed by atoms with E-state index >= 15 is 0 Å². The van der Waals surface area contributed by atoms with Crippen molar-refractivity contribution in [1.29, 1.82) is 0 Å². The minimum Gasteiger partial charge on any atom is -0.497 e. The Morgan fingerprint density at radius 1 is 1.10 bits per heavy atom. The maximum atomic E-state index is 11.9. The van der Waals surface area contributed by atoms with E-state index in [0.29, 0.717) is 23.4 Å². The lowest BCUT2D eigenvalue weighted by Crippen LogP contribution is -2.21. The molecule has 3 aromatic rings. The van der Waals surface area contributed by atoms with Crippen LogP contribution in [0.5, 0.6) is 11.5 Å². The van der Waals surface area contributed by atoms with Crippen LogP contribution < -0.4 is 20.1 Å². The molecule has 8 heteroatoms. The second-order valence-corrected chi connectivity index (χ2v) is 7.24. The topological polar surface area (TPSA) is 114 Å². The molecule has 0 aliphatic rings. The highest BCUT2D eigenvalue weighted by molar-refractivity contribution is 6.00. The van der Waals surface area contributed by atoms with Crippen molar-refractivity contribution >= 4 is 11.6 Å². The van der Waals surface area contributed by atoms with E-state index in [2.05, 4.69) is 10.2 Å². The van der Waals surface area contributed by atoms with Gasteiger partial charge in [-0.25, -0.2) is 0 Å². The number of nitrogens with zero attached hydrogens (tertiary/aromatic N) is 2. The number of aryl methyl sites for hydroxylation is 2. The van der Waals surface area contributed by atoms with E-state index in [0.717, 1.165) is 41.3 Å². The quantitative estimate of drug-likeness (QED) is 0.461. The lowest BCUT2D eigenvalue weighted by molar-refractivity contribution is 0.100. The molecule has 0 fully saturated rings. The van der Waals surface area contributed by atoms with Crippen LogP contribution in [0.1, 0.15) is 21.6 Å². The van der Waals surface area contributed by atoms with E-state index in [4.69, 9.17) is 15.2 Å². The molecule has 2 aromatic carbocycles. The van der Waals surface area contributed by atoms with Gasteiger partial charge in [-0.15, -0.1) is 0 Å². The van der Waals surface area contributed by atoms with Gasteiger partial charge in [0.2, 0.25) is 5.91 Å². The van der Waals surface area contributed by atoms with Crippen molar-refractivity contribution in [3.63, 3.8) is 0 Å². The van der Waals surface area contributed by atoms with E-state index in [9.17, 15) is 9.90 Å². The monoisotopic (exact) mass is 424 g/mol. The van der Waals surface area contributed by atoms with Gasteiger partial charge in [0.1, 0.15) is 11.5 Å². The first-order valence-electron chi connectivity index (χ1n) is 9.97. The summed E-state index contributed by atoms with van der Waals surface area (Å²) >= 11 is 0. The molecule has 1 amide bonds. The lowest BCUT2D eigenvalue weighted by Gasteiger charge is -2.19. The van der Waals surface area contributed by atoms with Crippen molar-refractivity contribution in [1.82, 2.24) is 10.2 Å². The Balaban J connectivity index is 1.83. The van der Waals surface area contributed by atoms with Crippen LogP contribution in [0.4, 0.5) is 5.69 Å². The Labute approximate surface area is 181 Å². The summed E-state index contributed by atoms with van der Waals surface area (Å²) in [7, 11) is 5.13. The number of H-pyrrole nitrogens is 1. The molecule has 0 atom stereocenters. The number of methoxy groups -OCH3 is 2. The van der Waals surface area contributed by atoms with Crippen LogP contribution in [-0.2, 0) is 12.8 Å². The number of aromatic amines is 1. The molecule has 0 saturated carbocycles. The van der Waals surface area contributed by atoms with Crippen molar-refractivity contribution in [2.24, 2.45) is 5.73 Å². The largest absolute Gasteiger partial charge is 0.497 e. The van der Waals surface area contributed by atoms with E-state index in [1.54, 1.807) is 20.3 Å². The van der Waals surface area contributed by atoms with Gasteiger partial charge in [0.25, 0.3) is 0 Å². The number of amides is 1. The normalized spacial score (nSPS) is 10.7. The zero-order valence-corrected chi connectivity index (χ0v) is 18.0. The molecule has 31 heavy (non-hydrogen) atoms. The Hall–Kier alpha value is -3.52. The molecular weight excluding hydrogens is 396 g/mol. The number of hydrogen-bond donors (Lipinski definition) is 3. The third-order valence-corrected chi connectivity index (χ3v) is 5.15. The summed E-state index contributed by atoms with van der Waals surface area (Å²) < 4.78 is 10.7.